The van der Waals surface area contributed by atoms with Crippen LogP contribution in [0.1, 0.15) is 24.1 Å². The topological polar surface area (TPSA) is 35.6 Å². The van der Waals surface area contributed by atoms with Crippen LogP contribution in [0.25, 0.3) is 0 Å². The van der Waals surface area contributed by atoms with Crippen LogP contribution in [0.2, 0.25) is 0 Å². The summed E-state index contributed by atoms with van der Waals surface area (Å²) in [6.45, 7) is 4.71. The van der Waals surface area contributed by atoms with Gasteiger partial charge in [-0.1, -0.05) is 6.07 Å². The van der Waals surface area contributed by atoms with Crippen molar-refractivity contribution in [1.29, 1.82) is 0 Å². The van der Waals surface area contributed by atoms with Crippen LogP contribution < -0.4 is 5.32 Å². The third-order valence-corrected chi connectivity index (χ3v) is 7.08. The lowest BCUT2D eigenvalue weighted by Crippen LogP contribution is -2.44. The first-order valence-corrected chi connectivity index (χ1v) is 11.0. The van der Waals surface area contributed by atoms with Crippen LogP contribution in [-0.2, 0) is 11.3 Å². The van der Waals surface area contributed by atoms with E-state index < -0.39 is 0 Å². The molecule has 0 aromatic carbocycles. The van der Waals surface area contributed by atoms with Gasteiger partial charge in [-0.15, -0.1) is 11.3 Å². The summed E-state index contributed by atoms with van der Waals surface area (Å²) < 4.78 is 0. The summed E-state index contributed by atoms with van der Waals surface area (Å²) in [5.74, 6) is 3.18. The van der Waals surface area contributed by atoms with Crippen LogP contribution in [-0.4, -0.2) is 66.5 Å². The van der Waals surface area contributed by atoms with E-state index in [0.29, 0.717) is 18.5 Å². The van der Waals surface area contributed by atoms with Gasteiger partial charge in [0.15, 0.2) is 0 Å². The molecule has 2 fully saturated rings. The molecule has 1 N–H and O–H groups in total. The average molecular weight is 368 g/mol. The van der Waals surface area contributed by atoms with Crippen molar-refractivity contribution in [2.24, 2.45) is 5.92 Å². The molecule has 3 heterocycles. The second-order valence-corrected chi connectivity index (χ2v) is 9.24. The molecule has 0 radical (unpaired) electrons. The first-order valence-electron chi connectivity index (χ1n) is 9.00. The molecule has 1 aromatic rings. The number of thiophene rings is 1. The highest BCUT2D eigenvalue weighted by Crippen LogP contribution is 2.21. The molecule has 0 bridgehead atoms. The second-order valence-electron chi connectivity index (χ2n) is 7.06. The largest absolute Gasteiger partial charge is 0.355 e. The van der Waals surface area contributed by atoms with Crippen molar-refractivity contribution in [3.05, 3.63) is 22.4 Å². The van der Waals surface area contributed by atoms with E-state index in [1.165, 1.54) is 42.2 Å². The van der Waals surface area contributed by atoms with Crippen LogP contribution in [0, 0.1) is 5.92 Å². The van der Waals surface area contributed by atoms with Crippen LogP contribution in [0.15, 0.2) is 17.5 Å². The van der Waals surface area contributed by atoms with Crippen molar-refractivity contribution in [3.63, 3.8) is 0 Å². The van der Waals surface area contributed by atoms with Crippen molar-refractivity contribution in [2.45, 2.75) is 31.8 Å². The standard InChI is InChI=1S/C18H29N3OS2/c1-20(16-6-9-23-14-16)13-18(22)19-10-15-4-2-7-21(11-15)12-17-5-3-8-24-17/h3,5,8,15-16H,2,4,6-7,9-14H2,1H3,(H,19,22)/t15-,16-/m1/s1. The van der Waals surface area contributed by atoms with Gasteiger partial charge in [-0.2, -0.15) is 11.8 Å². The maximum atomic E-state index is 12.2. The minimum atomic E-state index is 0.185. The Morgan fingerprint density at radius 1 is 1.46 bits per heavy atom. The number of piperidine rings is 1. The number of likely N-dealkylation sites (tertiary alicyclic amines) is 1. The highest BCUT2D eigenvalue weighted by Gasteiger charge is 2.23. The van der Waals surface area contributed by atoms with Crippen molar-refractivity contribution >= 4 is 29.0 Å². The Morgan fingerprint density at radius 2 is 2.38 bits per heavy atom. The Kier molecular flexibility index (Phi) is 7.01. The first kappa shape index (κ1) is 18.2. The van der Waals surface area contributed by atoms with Gasteiger partial charge < -0.3 is 5.32 Å². The fraction of sp³-hybridized carbons (Fsp3) is 0.722. The molecule has 2 aliphatic heterocycles. The monoisotopic (exact) mass is 367 g/mol. The quantitative estimate of drug-likeness (QED) is 0.803. The summed E-state index contributed by atoms with van der Waals surface area (Å²) in [5, 5.41) is 5.32. The molecule has 0 unspecified atom stereocenters. The number of rotatable bonds is 7. The SMILES string of the molecule is CN(CC(=O)NC[C@H]1CCCN(Cc2cccs2)C1)[C@@H]1CCSC1. The zero-order valence-electron chi connectivity index (χ0n) is 14.6. The Labute approximate surface area is 154 Å². The normalized spacial score (nSPS) is 25.2. The lowest BCUT2D eigenvalue weighted by molar-refractivity contribution is -0.122. The number of carbonyl (C=O) groups excluding carboxylic acids is 1. The Hall–Kier alpha value is -0.560. The molecule has 4 nitrogen and oxygen atoms in total. The van der Waals surface area contributed by atoms with Gasteiger partial charge >= 0.3 is 0 Å². The maximum absolute atomic E-state index is 12.2. The zero-order valence-corrected chi connectivity index (χ0v) is 16.2. The molecule has 2 atom stereocenters. The zero-order chi connectivity index (χ0) is 16.8. The van der Waals surface area contributed by atoms with Gasteiger partial charge in [0.05, 0.1) is 6.54 Å². The molecule has 0 aliphatic carbocycles. The molecule has 1 aromatic heterocycles. The summed E-state index contributed by atoms with van der Waals surface area (Å²) in [4.78, 5) is 18.4. The maximum Gasteiger partial charge on any atom is 0.234 e. The van der Waals surface area contributed by atoms with E-state index in [9.17, 15) is 4.79 Å². The van der Waals surface area contributed by atoms with E-state index in [4.69, 9.17) is 0 Å². The number of carbonyl (C=O) groups is 1. The van der Waals surface area contributed by atoms with Gasteiger partial charge in [-0.3, -0.25) is 14.6 Å². The van der Waals surface area contributed by atoms with Gasteiger partial charge in [0.1, 0.15) is 0 Å². The number of nitrogens with one attached hydrogen (secondary N) is 1. The summed E-state index contributed by atoms with van der Waals surface area (Å²) in [6, 6.07) is 4.92. The molecule has 134 valence electrons. The summed E-state index contributed by atoms with van der Waals surface area (Å²) in [7, 11) is 2.08. The number of hydrogen-bond donors (Lipinski definition) is 1. The molecular formula is C18H29N3OS2. The van der Waals surface area contributed by atoms with Gasteiger partial charge in [0.25, 0.3) is 0 Å². The van der Waals surface area contributed by atoms with Crippen LogP contribution >= 0.6 is 23.1 Å². The second kappa shape index (κ2) is 9.22. The van der Waals surface area contributed by atoms with Crippen molar-refractivity contribution in [3.8, 4) is 0 Å². The Morgan fingerprint density at radius 3 is 3.12 bits per heavy atom. The third kappa shape index (κ3) is 5.48. The van der Waals surface area contributed by atoms with Crippen molar-refractivity contribution in [1.82, 2.24) is 15.1 Å². The van der Waals surface area contributed by atoms with E-state index in [1.807, 2.05) is 23.1 Å². The molecular weight excluding hydrogens is 338 g/mol. The average Bonchev–Trinajstić information content (AvgIpc) is 3.27. The summed E-state index contributed by atoms with van der Waals surface area (Å²) >= 11 is 3.83. The lowest BCUT2D eigenvalue weighted by Gasteiger charge is -2.32. The fourth-order valence-electron chi connectivity index (χ4n) is 3.62. The molecule has 2 aliphatic rings. The smallest absolute Gasteiger partial charge is 0.234 e. The van der Waals surface area contributed by atoms with Crippen molar-refractivity contribution in [2.75, 3.05) is 44.7 Å². The minimum absolute atomic E-state index is 0.185. The molecule has 3 rings (SSSR count). The molecule has 6 heteroatoms. The van der Waals surface area contributed by atoms with Gasteiger partial charge in [0.2, 0.25) is 5.91 Å². The number of amides is 1. The van der Waals surface area contributed by atoms with Gasteiger partial charge in [-0.05, 0) is 56.0 Å². The van der Waals surface area contributed by atoms with E-state index in [1.54, 1.807) is 0 Å². The van der Waals surface area contributed by atoms with Crippen LogP contribution in [0.3, 0.4) is 0 Å². The summed E-state index contributed by atoms with van der Waals surface area (Å²) in [5.41, 5.74) is 0. The lowest BCUT2D eigenvalue weighted by atomic mass is 9.98. The predicted molar refractivity (Wildman–Crippen MR) is 104 cm³/mol. The number of nitrogens with zero attached hydrogens (tertiary/aromatic N) is 2. The van der Waals surface area contributed by atoms with Crippen LogP contribution in [0.4, 0.5) is 0 Å². The Bertz CT molecular complexity index is 502. The predicted octanol–water partition coefficient (Wildman–Crippen LogP) is 2.51. The number of thioether (sulfide) groups is 1. The van der Waals surface area contributed by atoms with E-state index in [0.717, 1.165) is 19.6 Å². The van der Waals surface area contributed by atoms with Gasteiger partial charge in [-0.25, -0.2) is 0 Å². The third-order valence-electron chi connectivity index (χ3n) is 5.07. The fourth-order valence-corrected chi connectivity index (χ4v) is 5.67. The molecule has 0 spiro atoms. The minimum Gasteiger partial charge on any atom is -0.355 e. The molecule has 0 saturated carbocycles. The van der Waals surface area contributed by atoms with E-state index in [-0.39, 0.29) is 5.91 Å². The van der Waals surface area contributed by atoms with E-state index in [2.05, 4.69) is 39.7 Å². The highest BCUT2D eigenvalue weighted by atomic mass is 32.2. The highest BCUT2D eigenvalue weighted by molar-refractivity contribution is 7.99. The van der Waals surface area contributed by atoms with Crippen LogP contribution in [0.5, 0.6) is 0 Å². The first-order chi connectivity index (χ1) is 11.7. The molecule has 1 amide bonds. The van der Waals surface area contributed by atoms with Crippen molar-refractivity contribution < 1.29 is 4.79 Å². The van der Waals surface area contributed by atoms with Gasteiger partial charge in [0, 0.05) is 36.3 Å². The number of likely N-dealkylation sites (N-methyl/N-ethyl adjacent to an activating group) is 1. The number of hydrogen-bond acceptors (Lipinski definition) is 5. The molecule has 24 heavy (non-hydrogen) atoms. The summed E-state index contributed by atoms with van der Waals surface area (Å²) in [6.07, 6.45) is 3.69. The Balaban J connectivity index is 1.36. The van der Waals surface area contributed by atoms with E-state index >= 15 is 0 Å². The molecule has 2 saturated heterocycles.